The molecule has 0 spiro atoms. The van der Waals surface area contributed by atoms with E-state index in [4.69, 9.17) is 4.74 Å². The maximum absolute atomic E-state index is 14.4. The summed E-state index contributed by atoms with van der Waals surface area (Å²) in [5.74, 6) is -5.84. The number of ether oxygens (including phenoxy) is 1. The van der Waals surface area contributed by atoms with E-state index in [-0.39, 0.29) is 35.5 Å². The van der Waals surface area contributed by atoms with E-state index in [1.54, 1.807) is 65.0 Å². The van der Waals surface area contributed by atoms with Gasteiger partial charge in [-0.2, -0.15) is 0 Å². The van der Waals surface area contributed by atoms with E-state index in [1.165, 1.54) is 4.90 Å². The third-order valence-corrected chi connectivity index (χ3v) is 11.1. The second-order valence-electron chi connectivity index (χ2n) is 17.0. The smallest absolute Gasteiger partial charge is 0.408 e. The zero-order chi connectivity index (χ0) is 40.8. The Balaban J connectivity index is 1.49. The molecule has 5 amide bonds. The van der Waals surface area contributed by atoms with E-state index in [1.807, 2.05) is 13.8 Å². The molecule has 4 N–H and O–H groups in total. The van der Waals surface area contributed by atoms with Gasteiger partial charge in [0, 0.05) is 18.9 Å². The molecule has 2 aliphatic carbocycles. The number of carbonyl (C=O) groups is 7. The molecular formula is C40H57F2N5O8. The first-order chi connectivity index (χ1) is 25.7. The van der Waals surface area contributed by atoms with Gasteiger partial charge in [-0.3, -0.25) is 28.8 Å². The van der Waals surface area contributed by atoms with Gasteiger partial charge in [0.2, 0.25) is 29.9 Å². The Bertz CT molecular complexity index is 1590. The van der Waals surface area contributed by atoms with Gasteiger partial charge in [0.1, 0.15) is 23.7 Å². The van der Waals surface area contributed by atoms with E-state index in [0.29, 0.717) is 18.4 Å². The summed E-state index contributed by atoms with van der Waals surface area (Å²) in [5, 5.41) is 10.0. The van der Waals surface area contributed by atoms with Crippen molar-refractivity contribution in [1.29, 1.82) is 0 Å². The molecule has 304 valence electrons. The molecule has 1 heterocycles. The lowest BCUT2D eigenvalue weighted by atomic mass is 9.83. The molecule has 13 nitrogen and oxygen atoms in total. The number of alkyl carbamates (subject to hydrolysis) is 1. The van der Waals surface area contributed by atoms with Gasteiger partial charge in [-0.05, 0) is 68.8 Å². The van der Waals surface area contributed by atoms with E-state index >= 15 is 0 Å². The van der Waals surface area contributed by atoms with Gasteiger partial charge in [-0.15, -0.1) is 0 Å². The van der Waals surface area contributed by atoms with E-state index in [0.717, 1.165) is 19.3 Å². The summed E-state index contributed by atoms with van der Waals surface area (Å²) >= 11 is 0. The second kappa shape index (κ2) is 18.0. The number of nitrogens with zero attached hydrogens (tertiary/aromatic N) is 1. The normalized spacial score (nSPS) is 22.2. The number of Topliss-reactive ketones (excluding diaryl/α,β-unsaturated/α-hetero) is 2. The highest BCUT2D eigenvalue weighted by Crippen LogP contribution is 2.65. The summed E-state index contributed by atoms with van der Waals surface area (Å²) in [6.07, 6.45) is -0.889. The molecule has 2 saturated carbocycles. The van der Waals surface area contributed by atoms with Crippen LogP contribution in [0.1, 0.15) is 105 Å². The van der Waals surface area contributed by atoms with Crippen LogP contribution in [-0.2, 0) is 33.5 Å². The van der Waals surface area contributed by atoms with Crippen LogP contribution in [0.5, 0.6) is 0 Å². The number of hydrogen-bond donors (Lipinski definition) is 4. The van der Waals surface area contributed by atoms with Crippen LogP contribution in [0.2, 0.25) is 0 Å². The molecule has 1 aromatic carbocycles. The van der Waals surface area contributed by atoms with Crippen LogP contribution in [0.3, 0.4) is 0 Å². The molecule has 3 aliphatic rings. The number of likely N-dealkylation sites (tertiary alicyclic amines) is 1. The molecule has 6 atom stereocenters. The van der Waals surface area contributed by atoms with Crippen LogP contribution in [0.4, 0.5) is 13.6 Å². The number of fused-ring (bicyclic) bond motifs is 1. The SMILES string of the molecule is CC(C)C(=O)[C@@H](NC(=O)CNC(=O)C(=O)C(CCC(F)F)NC(=O)[C@@H]1[C@@H]2[C@H](CN1C(=O)[C@@H](NC(=O)OC(C)(C)C)C1CCCCC1)C2(C)C)c1ccccc1. The number of halogens is 2. The van der Waals surface area contributed by atoms with Crippen molar-refractivity contribution in [3.8, 4) is 0 Å². The minimum absolute atomic E-state index is 0.0694. The Morgan fingerprint density at radius 3 is 2.13 bits per heavy atom. The largest absolute Gasteiger partial charge is 0.444 e. The Morgan fingerprint density at radius 2 is 1.55 bits per heavy atom. The van der Waals surface area contributed by atoms with Crippen LogP contribution in [-0.4, -0.2) is 89.4 Å². The van der Waals surface area contributed by atoms with Crippen LogP contribution >= 0.6 is 0 Å². The maximum Gasteiger partial charge on any atom is 0.408 e. The third-order valence-electron chi connectivity index (χ3n) is 11.1. The molecule has 15 heteroatoms. The van der Waals surface area contributed by atoms with E-state index < -0.39 is 97.0 Å². The molecule has 55 heavy (non-hydrogen) atoms. The van der Waals surface area contributed by atoms with Crippen LogP contribution in [0.25, 0.3) is 0 Å². The number of ketones is 2. The van der Waals surface area contributed by atoms with Gasteiger partial charge < -0.3 is 30.9 Å². The molecule has 1 aromatic rings. The van der Waals surface area contributed by atoms with E-state index in [9.17, 15) is 42.3 Å². The molecule has 3 fully saturated rings. The number of alkyl halides is 2. The van der Waals surface area contributed by atoms with Gasteiger partial charge in [0.15, 0.2) is 5.78 Å². The van der Waals surface area contributed by atoms with Crippen LogP contribution in [0, 0.1) is 29.1 Å². The van der Waals surface area contributed by atoms with Crippen molar-refractivity contribution in [2.75, 3.05) is 13.1 Å². The highest BCUT2D eigenvalue weighted by molar-refractivity contribution is 6.38. The molecule has 0 aromatic heterocycles. The Morgan fingerprint density at radius 1 is 0.909 bits per heavy atom. The molecule has 1 aliphatic heterocycles. The number of piperidine rings is 1. The van der Waals surface area contributed by atoms with Gasteiger partial charge >= 0.3 is 6.09 Å². The summed E-state index contributed by atoms with van der Waals surface area (Å²) in [4.78, 5) is 95.2. The molecular weight excluding hydrogens is 716 g/mol. The average Bonchev–Trinajstić information content (AvgIpc) is 3.42. The maximum atomic E-state index is 14.4. The van der Waals surface area contributed by atoms with Crippen LogP contribution in [0.15, 0.2) is 30.3 Å². The van der Waals surface area contributed by atoms with Crippen molar-refractivity contribution >= 4 is 41.3 Å². The van der Waals surface area contributed by atoms with Crippen molar-refractivity contribution in [2.24, 2.45) is 29.1 Å². The average molecular weight is 774 g/mol. The molecule has 0 bridgehead atoms. The Labute approximate surface area is 321 Å². The lowest BCUT2D eigenvalue weighted by Crippen LogP contribution is -2.60. The lowest BCUT2D eigenvalue weighted by molar-refractivity contribution is -0.145. The lowest BCUT2D eigenvalue weighted by Gasteiger charge is -2.37. The summed E-state index contributed by atoms with van der Waals surface area (Å²) in [6, 6.07) is 3.73. The van der Waals surface area contributed by atoms with Crippen LogP contribution < -0.4 is 21.3 Å². The predicted molar refractivity (Wildman–Crippen MR) is 198 cm³/mol. The third kappa shape index (κ3) is 11.1. The molecule has 4 rings (SSSR count). The summed E-state index contributed by atoms with van der Waals surface area (Å²) < 4.78 is 32.4. The summed E-state index contributed by atoms with van der Waals surface area (Å²) in [7, 11) is 0. The topological polar surface area (TPSA) is 180 Å². The summed E-state index contributed by atoms with van der Waals surface area (Å²) in [6.45, 7) is 11.9. The predicted octanol–water partition coefficient (Wildman–Crippen LogP) is 4.24. The van der Waals surface area contributed by atoms with Gasteiger partial charge in [-0.25, -0.2) is 13.6 Å². The molecule has 1 unspecified atom stereocenters. The second-order valence-corrected chi connectivity index (χ2v) is 17.0. The minimum Gasteiger partial charge on any atom is -0.444 e. The van der Waals surface area contributed by atoms with Crippen molar-refractivity contribution in [3.63, 3.8) is 0 Å². The van der Waals surface area contributed by atoms with Crippen molar-refractivity contribution < 1.29 is 47.1 Å². The zero-order valence-corrected chi connectivity index (χ0v) is 32.9. The Hall–Kier alpha value is -4.43. The molecule has 1 saturated heterocycles. The highest BCUT2D eigenvalue weighted by atomic mass is 19.3. The Kier molecular flexibility index (Phi) is 14.2. The monoisotopic (exact) mass is 773 g/mol. The van der Waals surface area contributed by atoms with E-state index in [2.05, 4.69) is 21.3 Å². The fourth-order valence-electron chi connectivity index (χ4n) is 8.01. The number of carbonyl (C=O) groups excluding carboxylic acids is 7. The number of rotatable bonds is 16. The molecule has 0 radical (unpaired) electrons. The number of benzene rings is 1. The first-order valence-electron chi connectivity index (χ1n) is 19.3. The minimum atomic E-state index is -2.85. The number of nitrogens with one attached hydrogen (secondary N) is 4. The van der Waals surface area contributed by atoms with Crippen molar-refractivity contribution in [2.45, 2.75) is 130 Å². The highest BCUT2D eigenvalue weighted by Gasteiger charge is 2.69. The zero-order valence-electron chi connectivity index (χ0n) is 32.9. The van der Waals surface area contributed by atoms with Gasteiger partial charge in [-0.1, -0.05) is 77.3 Å². The van der Waals surface area contributed by atoms with Crippen molar-refractivity contribution in [3.05, 3.63) is 35.9 Å². The first kappa shape index (κ1) is 43.3. The fourth-order valence-corrected chi connectivity index (χ4v) is 8.01. The van der Waals surface area contributed by atoms with Crippen molar-refractivity contribution in [1.82, 2.24) is 26.2 Å². The summed E-state index contributed by atoms with van der Waals surface area (Å²) in [5.41, 5.74) is -0.642. The number of hydrogen-bond acceptors (Lipinski definition) is 8. The fraction of sp³-hybridized carbons (Fsp3) is 0.675. The first-order valence-corrected chi connectivity index (χ1v) is 19.3. The standard InChI is InChI=1S/C40H57F2N5O8/c1-22(2)33(49)30(23-14-10-8-11-15-23)45-28(48)20-43-36(52)34(50)26(18-19-27(41)42)44-35(51)32-29-25(40(29,6)7)21-47(32)37(53)31(24-16-12-9-13-17-24)46-38(54)55-39(3,4)5/h8,10-11,14-15,22,24-27,29-32H,9,12-13,16-21H2,1-7H3,(H,43,52)(H,44,51)(H,45,48)(H,46,54)/t25-,26?,29-,30-,31-,32-/m0/s1. The van der Waals surface area contributed by atoms with Gasteiger partial charge in [0.05, 0.1) is 12.6 Å². The van der Waals surface area contributed by atoms with Gasteiger partial charge in [0.25, 0.3) is 5.91 Å². The quantitative estimate of drug-likeness (QED) is 0.180. The number of amides is 5.